The van der Waals surface area contributed by atoms with Crippen LogP contribution in [0.15, 0.2) is 0 Å². The molecule has 1 saturated heterocycles. The molecule has 1 fully saturated rings. The van der Waals surface area contributed by atoms with Crippen LogP contribution in [0.5, 0.6) is 0 Å². The van der Waals surface area contributed by atoms with Crippen molar-refractivity contribution in [2.24, 2.45) is 0 Å². The van der Waals surface area contributed by atoms with Crippen LogP contribution in [0.25, 0.3) is 0 Å². The van der Waals surface area contributed by atoms with E-state index in [9.17, 15) is 0 Å². The molecule has 96 valence electrons. The second-order valence-electron chi connectivity index (χ2n) is 5.17. The SMILES string of the molecule is CCCN[C@@H]1CN(C(C)C)C[C@H]1NCCC. The molecule has 0 aliphatic carbocycles. The molecule has 0 saturated carbocycles. The van der Waals surface area contributed by atoms with Gasteiger partial charge in [-0.05, 0) is 39.8 Å². The lowest BCUT2D eigenvalue weighted by Gasteiger charge is -2.20. The highest BCUT2D eigenvalue weighted by molar-refractivity contribution is 4.94. The molecule has 1 rings (SSSR count). The molecule has 1 aliphatic heterocycles. The lowest BCUT2D eigenvalue weighted by molar-refractivity contribution is 0.264. The van der Waals surface area contributed by atoms with Crippen molar-refractivity contribution in [3.63, 3.8) is 0 Å². The van der Waals surface area contributed by atoms with Crippen molar-refractivity contribution in [1.82, 2.24) is 15.5 Å². The van der Waals surface area contributed by atoms with E-state index < -0.39 is 0 Å². The first kappa shape index (κ1) is 13.9. The Kier molecular flexibility index (Phi) is 6.32. The lowest BCUT2D eigenvalue weighted by Crippen LogP contribution is -2.47. The minimum Gasteiger partial charge on any atom is -0.311 e. The van der Waals surface area contributed by atoms with Crippen LogP contribution in [0.4, 0.5) is 0 Å². The Labute approximate surface area is 101 Å². The highest BCUT2D eigenvalue weighted by atomic mass is 15.3. The predicted molar refractivity (Wildman–Crippen MR) is 70.9 cm³/mol. The van der Waals surface area contributed by atoms with Gasteiger partial charge < -0.3 is 10.6 Å². The number of likely N-dealkylation sites (tertiary alicyclic amines) is 1. The maximum atomic E-state index is 3.67. The van der Waals surface area contributed by atoms with Gasteiger partial charge in [-0.25, -0.2) is 0 Å². The van der Waals surface area contributed by atoms with E-state index in [-0.39, 0.29) is 0 Å². The Hall–Kier alpha value is -0.120. The maximum absolute atomic E-state index is 3.67. The van der Waals surface area contributed by atoms with Crippen molar-refractivity contribution < 1.29 is 0 Å². The average Bonchev–Trinajstić information content (AvgIpc) is 2.67. The van der Waals surface area contributed by atoms with Gasteiger partial charge in [0.2, 0.25) is 0 Å². The first-order valence-corrected chi connectivity index (χ1v) is 6.89. The standard InChI is InChI=1S/C13H29N3/c1-5-7-14-12-9-16(11(3)4)10-13(12)15-8-6-2/h11-15H,5-10H2,1-4H3/t12-,13-/m1/s1. The van der Waals surface area contributed by atoms with Gasteiger partial charge >= 0.3 is 0 Å². The molecule has 1 heterocycles. The van der Waals surface area contributed by atoms with Gasteiger partial charge in [0.05, 0.1) is 0 Å². The maximum Gasteiger partial charge on any atom is 0.0361 e. The predicted octanol–water partition coefficient (Wildman–Crippen LogP) is 1.45. The Morgan fingerprint density at radius 3 is 1.75 bits per heavy atom. The summed E-state index contributed by atoms with van der Waals surface area (Å²) < 4.78 is 0. The van der Waals surface area contributed by atoms with Crippen molar-refractivity contribution in [3.05, 3.63) is 0 Å². The molecule has 2 atom stereocenters. The highest BCUT2D eigenvalue weighted by Gasteiger charge is 2.32. The van der Waals surface area contributed by atoms with Gasteiger partial charge in [-0.3, -0.25) is 4.90 Å². The summed E-state index contributed by atoms with van der Waals surface area (Å²) in [5.74, 6) is 0. The number of nitrogens with zero attached hydrogens (tertiary/aromatic N) is 1. The molecule has 0 radical (unpaired) electrons. The number of hydrogen-bond donors (Lipinski definition) is 2. The minimum atomic E-state index is 0.633. The van der Waals surface area contributed by atoms with Crippen molar-refractivity contribution >= 4 is 0 Å². The monoisotopic (exact) mass is 227 g/mol. The van der Waals surface area contributed by atoms with Gasteiger partial charge in [0.25, 0.3) is 0 Å². The summed E-state index contributed by atoms with van der Waals surface area (Å²) in [6, 6.07) is 1.93. The van der Waals surface area contributed by atoms with Gasteiger partial charge in [-0.1, -0.05) is 13.8 Å². The molecule has 0 unspecified atom stereocenters. The Bertz CT molecular complexity index is 166. The van der Waals surface area contributed by atoms with E-state index in [4.69, 9.17) is 0 Å². The fourth-order valence-corrected chi connectivity index (χ4v) is 2.33. The van der Waals surface area contributed by atoms with Crippen molar-refractivity contribution in [3.8, 4) is 0 Å². The summed E-state index contributed by atoms with van der Waals surface area (Å²) in [5.41, 5.74) is 0. The molecular formula is C13H29N3. The quantitative estimate of drug-likeness (QED) is 0.689. The van der Waals surface area contributed by atoms with Crippen LogP contribution in [-0.4, -0.2) is 49.2 Å². The van der Waals surface area contributed by atoms with E-state index in [1.54, 1.807) is 0 Å². The molecule has 0 aromatic heterocycles. The molecular weight excluding hydrogens is 198 g/mol. The van der Waals surface area contributed by atoms with Crippen molar-refractivity contribution in [2.45, 2.75) is 58.7 Å². The fraction of sp³-hybridized carbons (Fsp3) is 1.00. The molecule has 3 nitrogen and oxygen atoms in total. The smallest absolute Gasteiger partial charge is 0.0361 e. The first-order chi connectivity index (χ1) is 7.69. The van der Waals surface area contributed by atoms with Gasteiger partial charge in [0.1, 0.15) is 0 Å². The second-order valence-corrected chi connectivity index (χ2v) is 5.17. The van der Waals surface area contributed by atoms with E-state index >= 15 is 0 Å². The van der Waals surface area contributed by atoms with Gasteiger partial charge in [-0.2, -0.15) is 0 Å². The van der Waals surface area contributed by atoms with Gasteiger partial charge in [-0.15, -0.1) is 0 Å². The molecule has 0 spiro atoms. The summed E-state index contributed by atoms with van der Waals surface area (Å²) in [5, 5.41) is 7.34. The molecule has 16 heavy (non-hydrogen) atoms. The fourth-order valence-electron chi connectivity index (χ4n) is 2.33. The molecule has 0 bridgehead atoms. The number of rotatable bonds is 7. The third kappa shape index (κ3) is 4.04. The van der Waals surface area contributed by atoms with E-state index in [0.29, 0.717) is 18.1 Å². The van der Waals surface area contributed by atoms with Crippen LogP contribution in [0.2, 0.25) is 0 Å². The third-order valence-corrected chi connectivity index (χ3v) is 3.39. The molecule has 1 aliphatic rings. The second kappa shape index (κ2) is 7.25. The van der Waals surface area contributed by atoms with Crippen molar-refractivity contribution in [2.75, 3.05) is 26.2 Å². The van der Waals surface area contributed by atoms with Crippen LogP contribution in [0.1, 0.15) is 40.5 Å². The summed E-state index contributed by atoms with van der Waals surface area (Å²) in [4.78, 5) is 2.57. The van der Waals surface area contributed by atoms with Crippen LogP contribution in [-0.2, 0) is 0 Å². The number of hydrogen-bond acceptors (Lipinski definition) is 3. The largest absolute Gasteiger partial charge is 0.311 e. The molecule has 0 aromatic rings. The van der Waals surface area contributed by atoms with E-state index in [1.165, 1.54) is 25.9 Å². The molecule has 2 N–H and O–H groups in total. The summed E-state index contributed by atoms with van der Waals surface area (Å²) >= 11 is 0. The molecule has 0 amide bonds. The topological polar surface area (TPSA) is 27.3 Å². The normalized spacial score (nSPS) is 26.8. The molecule has 3 heteroatoms. The Balaban J connectivity index is 2.42. The van der Waals surface area contributed by atoms with Crippen LogP contribution in [0.3, 0.4) is 0 Å². The summed E-state index contributed by atoms with van der Waals surface area (Å²) in [6.45, 7) is 13.7. The van der Waals surface area contributed by atoms with E-state index in [1.807, 2.05) is 0 Å². The zero-order valence-corrected chi connectivity index (χ0v) is 11.4. The minimum absolute atomic E-state index is 0.633. The Morgan fingerprint density at radius 1 is 1.00 bits per heavy atom. The summed E-state index contributed by atoms with van der Waals surface area (Å²) in [7, 11) is 0. The first-order valence-electron chi connectivity index (χ1n) is 6.89. The van der Waals surface area contributed by atoms with Crippen LogP contribution < -0.4 is 10.6 Å². The average molecular weight is 227 g/mol. The lowest BCUT2D eigenvalue weighted by atomic mass is 10.1. The Morgan fingerprint density at radius 2 is 1.44 bits per heavy atom. The van der Waals surface area contributed by atoms with Crippen LogP contribution >= 0.6 is 0 Å². The van der Waals surface area contributed by atoms with Crippen molar-refractivity contribution in [1.29, 1.82) is 0 Å². The van der Waals surface area contributed by atoms with Gasteiger partial charge in [0, 0.05) is 31.2 Å². The van der Waals surface area contributed by atoms with E-state index in [0.717, 1.165) is 13.1 Å². The highest BCUT2D eigenvalue weighted by Crippen LogP contribution is 2.13. The summed E-state index contributed by atoms with van der Waals surface area (Å²) in [6.07, 6.45) is 2.44. The molecule has 0 aromatic carbocycles. The number of nitrogens with one attached hydrogen (secondary N) is 2. The van der Waals surface area contributed by atoms with E-state index in [2.05, 4.69) is 43.2 Å². The zero-order valence-electron chi connectivity index (χ0n) is 11.4. The van der Waals surface area contributed by atoms with Gasteiger partial charge in [0.15, 0.2) is 0 Å². The third-order valence-electron chi connectivity index (χ3n) is 3.39. The van der Waals surface area contributed by atoms with Crippen LogP contribution in [0, 0.1) is 0 Å². The zero-order chi connectivity index (χ0) is 12.0.